The quantitative estimate of drug-likeness (QED) is 0.711. The van der Waals surface area contributed by atoms with Gasteiger partial charge in [0.2, 0.25) is 0 Å². The third kappa shape index (κ3) is 3.66. The fourth-order valence-electron chi connectivity index (χ4n) is 1.98. The standard InChI is InChI=1S/C15H24O.Sm/c1-10-8-11(14(2,3)4)13(16)12(9-10)15(5,6)7;/h8-9,16H,1-7H3;/q;+1/p-1. The zero-order valence-corrected chi connectivity index (χ0v) is 14.6. The molecule has 0 saturated heterocycles. The molecule has 95 valence electrons. The van der Waals surface area contributed by atoms with Gasteiger partial charge in [0.05, 0.1) is 0 Å². The molecule has 17 heavy (non-hydrogen) atoms. The van der Waals surface area contributed by atoms with Crippen LogP contribution >= 0.6 is 0 Å². The monoisotopic (exact) mass is 371 g/mol. The van der Waals surface area contributed by atoms with Crippen LogP contribution in [0.15, 0.2) is 12.1 Å². The Balaban J connectivity index is 3.58. The van der Waals surface area contributed by atoms with E-state index in [2.05, 4.69) is 60.6 Å². The van der Waals surface area contributed by atoms with Crippen LogP contribution in [0.2, 0.25) is 0 Å². The molecule has 0 aromatic heterocycles. The van der Waals surface area contributed by atoms with Crippen LogP contribution in [0.3, 0.4) is 0 Å². The van der Waals surface area contributed by atoms with Crippen LogP contribution in [0.1, 0.15) is 58.2 Å². The van der Waals surface area contributed by atoms with E-state index in [-0.39, 0.29) is 10.8 Å². The van der Waals surface area contributed by atoms with Crippen molar-refractivity contribution < 1.29 is 40.0 Å². The Morgan fingerprint density at radius 2 is 1.24 bits per heavy atom. The van der Waals surface area contributed by atoms with Crippen LogP contribution in [0.5, 0.6) is 5.75 Å². The third-order valence-corrected chi connectivity index (χ3v) is 3.47. The van der Waals surface area contributed by atoms with Crippen LogP contribution in [0.4, 0.5) is 0 Å². The van der Waals surface area contributed by atoms with E-state index in [1.54, 1.807) is 0 Å². The van der Waals surface area contributed by atoms with Gasteiger partial charge in [-0.05, 0) is 0 Å². The van der Waals surface area contributed by atoms with Crippen molar-refractivity contribution in [1.29, 1.82) is 0 Å². The fraction of sp³-hybridized carbons (Fsp3) is 0.600. The molecule has 1 aromatic rings. The zero-order chi connectivity index (χ0) is 13.4. The Kier molecular flexibility index (Phi) is 4.67. The van der Waals surface area contributed by atoms with Gasteiger partial charge in [0, 0.05) is 0 Å². The van der Waals surface area contributed by atoms with Crippen molar-refractivity contribution in [3.05, 3.63) is 28.8 Å². The second-order valence-electron chi connectivity index (χ2n) is 6.77. The number of hydrogen-bond acceptors (Lipinski definition) is 1. The minimum atomic E-state index is 0.122. The molecule has 0 N–H and O–H groups in total. The first kappa shape index (κ1) is 15.4. The van der Waals surface area contributed by atoms with Gasteiger partial charge in [0.1, 0.15) is 0 Å². The first-order valence-corrected chi connectivity index (χ1v) is 7.09. The van der Waals surface area contributed by atoms with Crippen molar-refractivity contribution in [2.75, 3.05) is 0 Å². The molecule has 0 unspecified atom stereocenters. The average molecular weight is 370 g/mol. The third-order valence-electron chi connectivity index (χ3n) is 2.93. The molecule has 0 atom stereocenters. The molecule has 2 heteroatoms. The molecule has 1 aromatic carbocycles. The van der Waals surface area contributed by atoms with E-state index in [0.717, 1.165) is 44.7 Å². The minimum absolute atomic E-state index is 0.122. The number of hydrogen-bond donors (Lipinski definition) is 0. The molecule has 0 fully saturated rings. The van der Waals surface area contributed by atoms with Crippen molar-refractivity contribution in [3.63, 3.8) is 0 Å². The fourth-order valence-corrected chi connectivity index (χ4v) is 2.55. The molecule has 0 amide bonds. The van der Waals surface area contributed by atoms with E-state index < -0.39 is 0 Å². The van der Waals surface area contributed by atoms with Crippen LogP contribution in [0.25, 0.3) is 0 Å². The molecular weight excluding hydrogens is 347 g/mol. The van der Waals surface area contributed by atoms with E-state index in [0.29, 0.717) is 0 Å². The summed E-state index contributed by atoms with van der Waals surface area (Å²) in [6, 6.07) is 4.51. The van der Waals surface area contributed by atoms with Crippen molar-refractivity contribution in [2.24, 2.45) is 0 Å². The molecule has 0 aliphatic carbocycles. The van der Waals surface area contributed by atoms with Crippen LogP contribution in [0, 0.1) is 45.9 Å². The second-order valence-corrected chi connectivity index (χ2v) is 7.31. The topological polar surface area (TPSA) is 9.23 Å². The SMILES string of the molecule is Cc1cc(C(C)(C)C)c([O][Sm])c(C(C)(C)C)c1. The van der Waals surface area contributed by atoms with Crippen molar-refractivity contribution in [2.45, 2.75) is 59.3 Å². The van der Waals surface area contributed by atoms with Gasteiger partial charge in [0.15, 0.2) is 0 Å². The van der Waals surface area contributed by atoms with Gasteiger partial charge in [0.25, 0.3) is 0 Å². The van der Waals surface area contributed by atoms with Crippen molar-refractivity contribution >= 4 is 0 Å². The second kappa shape index (κ2) is 5.15. The number of rotatable bonds is 1. The predicted octanol–water partition coefficient (Wildman–Crippen LogP) is 4.43. The Bertz CT molecular complexity index is 373. The van der Waals surface area contributed by atoms with E-state index in [4.69, 9.17) is 1.12 Å². The summed E-state index contributed by atoms with van der Waals surface area (Å²) in [5.41, 5.74) is 4.19. The van der Waals surface area contributed by atoms with Gasteiger partial charge in [-0.3, -0.25) is 0 Å². The van der Waals surface area contributed by atoms with Crippen LogP contribution in [-0.2, 0) is 10.8 Å². The molecule has 0 spiro atoms. The van der Waals surface area contributed by atoms with Gasteiger partial charge in [-0.15, -0.1) is 0 Å². The first-order valence-electron chi connectivity index (χ1n) is 6.03. The van der Waals surface area contributed by atoms with Gasteiger partial charge >= 0.3 is 134 Å². The number of aryl methyl sites for hydroxylation is 1. The Labute approximate surface area is 133 Å². The summed E-state index contributed by atoms with van der Waals surface area (Å²) in [6.45, 7) is 15.6. The van der Waals surface area contributed by atoms with Gasteiger partial charge < -0.3 is 0 Å². The van der Waals surface area contributed by atoms with E-state index in [1.165, 1.54) is 16.7 Å². The summed E-state index contributed by atoms with van der Waals surface area (Å²) < 4.78 is 5.77. The molecule has 0 radical (unpaired) electrons. The summed E-state index contributed by atoms with van der Waals surface area (Å²) in [7, 11) is 0. The van der Waals surface area contributed by atoms with Crippen LogP contribution in [-0.4, -0.2) is 0 Å². The summed E-state index contributed by atoms with van der Waals surface area (Å²) in [5, 5.41) is 0. The van der Waals surface area contributed by atoms with Crippen molar-refractivity contribution in [3.8, 4) is 5.75 Å². The Hall–Kier alpha value is 0.358. The Morgan fingerprint density at radius 1 is 0.882 bits per heavy atom. The molecule has 0 bridgehead atoms. The maximum atomic E-state index is 5.77. The predicted molar refractivity (Wildman–Crippen MR) is 69.2 cm³/mol. The molecule has 1 nitrogen and oxygen atoms in total. The molecule has 0 aliphatic heterocycles. The summed E-state index contributed by atoms with van der Waals surface area (Å²) >= 11 is 1.15. The normalized spacial score (nSPS) is 12.6. The summed E-state index contributed by atoms with van der Waals surface area (Å²) in [4.78, 5) is 0. The number of benzene rings is 1. The zero-order valence-electron chi connectivity index (χ0n) is 12.0. The molecule has 1 rings (SSSR count). The molecule has 0 heterocycles. The molecule has 0 saturated carbocycles. The van der Waals surface area contributed by atoms with E-state index in [1.807, 2.05) is 0 Å². The summed E-state index contributed by atoms with van der Waals surface area (Å²) in [6.07, 6.45) is 0. The van der Waals surface area contributed by atoms with Crippen molar-refractivity contribution in [1.82, 2.24) is 0 Å². The van der Waals surface area contributed by atoms with Gasteiger partial charge in [-0.1, -0.05) is 0 Å². The molecular formula is C15H23OSm. The summed E-state index contributed by atoms with van der Waals surface area (Å²) in [5.74, 6) is 1.09. The van der Waals surface area contributed by atoms with E-state index >= 15 is 0 Å². The van der Waals surface area contributed by atoms with Gasteiger partial charge in [-0.25, -0.2) is 0 Å². The Morgan fingerprint density at radius 3 is 1.47 bits per heavy atom. The maximum absolute atomic E-state index is 5.77. The van der Waals surface area contributed by atoms with E-state index in [9.17, 15) is 0 Å². The average Bonchev–Trinajstić information content (AvgIpc) is 2.13. The van der Waals surface area contributed by atoms with Crippen LogP contribution < -0.4 is 1.12 Å². The van der Waals surface area contributed by atoms with Gasteiger partial charge in [-0.2, -0.15) is 0 Å². The first-order chi connectivity index (χ1) is 7.57. The molecule has 0 aliphatic rings.